The first-order chi connectivity index (χ1) is 13.7. The van der Waals surface area contributed by atoms with Gasteiger partial charge in [0.2, 0.25) is 5.89 Å². The molecule has 0 radical (unpaired) electrons. The minimum atomic E-state index is -0.159. The van der Waals surface area contributed by atoms with E-state index in [0.29, 0.717) is 36.7 Å². The van der Waals surface area contributed by atoms with Crippen molar-refractivity contribution in [1.29, 1.82) is 0 Å². The van der Waals surface area contributed by atoms with Gasteiger partial charge in [0.1, 0.15) is 0 Å². The average molecular weight is 373 g/mol. The Morgan fingerprint density at radius 1 is 1.11 bits per heavy atom. The number of carbonyl (C=O) groups is 1. The van der Waals surface area contributed by atoms with Crippen LogP contribution in [-0.2, 0) is 12.8 Å². The van der Waals surface area contributed by atoms with E-state index in [2.05, 4.69) is 25.4 Å². The molecule has 4 rings (SSSR count). The zero-order valence-corrected chi connectivity index (χ0v) is 15.4. The summed E-state index contributed by atoms with van der Waals surface area (Å²) in [7, 11) is 0. The lowest BCUT2D eigenvalue weighted by Crippen LogP contribution is -2.26. The summed E-state index contributed by atoms with van der Waals surface area (Å²) in [6.45, 7) is 2.37. The summed E-state index contributed by atoms with van der Waals surface area (Å²) < 4.78 is 5.09. The van der Waals surface area contributed by atoms with Crippen LogP contribution in [0.1, 0.15) is 29.0 Å². The van der Waals surface area contributed by atoms with Crippen molar-refractivity contribution >= 4 is 16.8 Å². The number of nitrogens with one attached hydrogen (secondary N) is 1. The van der Waals surface area contributed by atoms with Crippen LogP contribution >= 0.6 is 0 Å². The predicted molar refractivity (Wildman–Crippen MR) is 105 cm³/mol. The normalized spacial score (nSPS) is 10.9. The minimum Gasteiger partial charge on any atom is -0.352 e. The summed E-state index contributed by atoms with van der Waals surface area (Å²) in [5.41, 5.74) is 3.00. The van der Waals surface area contributed by atoms with E-state index < -0.39 is 0 Å². The van der Waals surface area contributed by atoms with Crippen LogP contribution in [0.25, 0.3) is 22.2 Å². The highest BCUT2D eigenvalue weighted by Crippen LogP contribution is 2.24. The summed E-state index contributed by atoms with van der Waals surface area (Å²) in [5.74, 6) is 1.03. The number of benzene rings is 1. The number of hydrogen-bond donors (Lipinski definition) is 1. The van der Waals surface area contributed by atoms with E-state index in [4.69, 9.17) is 4.52 Å². The molecule has 28 heavy (non-hydrogen) atoms. The molecule has 0 saturated heterocycles. The van der Waals surface area contributed by atoms with Gasteiger partial charge in [-0.25, -0.2) is 4.98 Å². The van der Waals surface area contributed by atoms with Crippen molar-refractivity contribution in [1.82, 2.24) is 25.4 Å². The number of aromatic nitrogens is 4. The quantitative estimate of drug-likeness (QED) is 0.558. The van der Waals surface area contributed by atoms with E-state index in [-0.39, 0.29) is 5.91 Å². The monoisotopic (exact) mass is 373 g/mol. The van der Waals surface area contributed by atoms with E-state index in [1.165, 1.54) is 0 Å². The Kier molecular flexibility index (Phi) is 5.05. The first-order valence-electron chi connectivity index (χ1n) is 9.14. The van der Waals surface area contributed by atoms with Gasteiger partial charge < -0.3 is 9.84 Å². The van der Waals surface area contributed by atoms with Gasteiger partial charge in [0.25, 0.3) is 5.91 Å². The van der Waals surface area contributed by atoms with Crippen molar-refractivity contribution in [2.45, 2.75) is 19.8 Å². The van der Waals surface area contributed by atoms with Crippen molar-refractivity contribution < 1.29 is 9.32 Å². The third-order valence-electron chi connectivity index (χ3n) is 4.38. The number of fused-ring (bicyclic) bond motifs is 1. The Labute approximate surface area is 161 Å². The van der Waals surface area contributed by atoms with E-state index in [1.807, 2.05) is 49.4 Å². The van der Waals surface area contributed by atoms with Crippen molar-refractivity contribution in [3.8, 4) is 11.3 Å². The molecule has 0 bridgehead atoms. The smallest absolute Gasteiger partial charge is 0.252 e. The van der Waals surface area contributed by atoms with Gasteiger partial charge >= 0.3 is 0 Å². The lowest BCUT2D eigenvalue weighted by Gasteiger charge is -2.10. The third kappa shape index (κ3) is 3.73. The van der Waals surface area contributed by atoms with E-state index >= 15 is 0 Å². The van der Waals surface area contributed by atoms with Gasteiger partial charge in [0, 0.05) is 42.7 Å². The van der Waals surface area contributed by atoms with Gasteiger partial charge in [-0.3, -0.25) is 9.78 Å². The molecule has 0 atom stereocenters. The third-order valence-corrected chi connectivity index (χ3v) is 4.38. The zero-order chi connectivity index (χ0) is 19.3. The zero-order valence-electron chi connectivity index (χ0n) is 15.4. The number of amides is 1. The topological polar surface area (TPSA) is 93.8 Å². The fraction of sp³-hybridized carbons (Fsp3) is 0.190. The van der Waals surface area contributed by atoms with Crippen LogP contribution in [0.2, 0.25) is 0 Å². The SMILES string of the molecule is CCc1nc(CCNC(=O)c2cc(-c3ccncc3)nc3ccccc23)no1. The molecule has 7 nitrogen and oxygen atoms in total. The molecule has 3 aromatic heterocycles. The van der Waals surface area contributed by atoms with Gasteiger partial charge in [-0.2, -0.15) is 4.98 Å². The first-order valence-corrected chi connectivity index (χ1v) is 9.14. The highest BCUT2D eigenvalue weighted by atomic mass is 16.5. The maximum atomic E-state index is 12.9. The van der Waals surface area contributed by atoms with Crippen LogP contribution in [0.3, 0.4) is 0 Å². The summed E-state index contributed by atoms with van der Waals surface area (Å²) in [4.78, 5) is 25.9. The molecular weight excluding hydrogens is 354 g/mol. The lowest BCUT2D eigenvalue weighted by atomic mass is 10.0. The van der Waals surface area contributed by atoms with Crippen molar-refractivity contribution in [3.05, 3.63) is 72.1 Å². The standard InChI is InChI=1S/C21H19N5O2/c1-2-20-25-19(26-28-20)9-12-23-21(27)16-13-18(14-7-10-22-11-8-14)24-17-6-4-3-5-15(16)17/h3-8,10-11,13H,2,9,12H2,1H3,(H,23,27). The maximum Gasteiger partial charge on any atom is 0.252 e. The van der Waals surface area contributed by atoms with Crippen molar-refractivity contribution in [2.75, 3.05) is 6.54 Å². The number of carbonyl (C=O) groups excluding carboxylic acids is 1. The van der Waals surface area contributed by atoms with Crippen LogP contribution in [0.4, 0.5) is 0 Å². The molecule has 1 N–H and O–H groups in total. The number of pyridine rings is 2. The van der Waals surface area contributed by atoms with Crippen molar-refractivity contribution in [3.63, 3.8) is 0 Å². The maximum absolute atomic E-state index is 12.9. The molecule has 140 valence electrons. The second-order valence-electron chi connectivity index (χ2n) is 6.27. The lowest BCUT2D eigenvalue weighted by molar-refractivity contribution is 0.0955. The second kappa shape index (κ2) is 7.96. The summed E-state index contributed by atoms with van der Waals surface area (Å²) in [6.07, 6.45) is 4.62. The molecule has 0 unspecified atom stereocenters. The number of aryl methyl sites for hydroxylation is 1. The molecule has 1 aromatic carbocycles. The first kappa shape index (κ1) is 17.8. The molecule has 0 aliphatic carbocycles. The van der Waals surface area contributed by atoms with Crippen LogP contribution in [-0.4, -0.2) is 32.6 Å². The molecule has 0 saturated carbocycles. The average Bonchev–Trinajstić information content (AvgIpc) is 3.21. The second-order valence-corrected chi connectivity index (χ2v) is 6.27. The Bertz CT molecular complexity index is 1110. The molecule has 0 fully saturated rings. The van der Waals surface area contributed by atoms with E-state index in [1.54, 1.807) is 12.4 Å². The molecule has 3 heterocycles. The highest BCUT2D eigenvalue weighted by Gasteiger charge is 2.14. The molecule has 7 heteroatoms. The van der Waals surface area contributed by atoms with Crippen LogP contribution in [0.15, 0.2) is 59.4 Å². The number of rotatable bonds is 6. The fourth-order valence-electron chi connectivity index (χ4n) is 2.95. The summed E-state index contributed by atoms with van der Waals surface area (Å²) in [6, 6.07) is 13.2. The summed E-state index contributed by atoms with van der Waals surface area (Å²) >= 11 is 0. The van der Waals surface area contributed by atoms with Crippen LogP contribution in [0, 0.1) is 0 Å². The minimum absolute atomic E-state index is 0.159. The number of hydrogen-bond acceptors (Lipinski definition) is 6. The van der Waals surface area contributed by atoms with Crippen molar-refractivity contribution in [2.24, 2.45) is 0 Å². The van der Waals surface area contributed by atoms with Gasteiger partial charge in [-0.1, -0.05) is 30.3 Å². The molecule has 4 aromatic rings. The van der Waals surface area contributed by atoms with Crippen LogP contribution in [0.5, 0.6) is 0 Å². The molecule has 1 amide bonds. The van der Waals surface area contributed by atoms with E-state index in [9.17, 15) is 4.79 Å². The Hall–Kier alpha value is -3.61. The Balaban J connectivity index is 1.58. The molecule has 0 spiro atoms. The molecular formula is C21H19N5O2. The number of para-hydroxylation sites is 1. The van der Waals surface area contributed by atoms with Gasteiger partial charge in [0.05, 0.1) is 16.8 Å². The van der Waals surface area contributed by atoms with Gasteiger partial charge in [-0.15, -0.1) is 0 Å². The fourth-order valence-corrected chi connectivity index (χ4v) is 2.95. The largest absolute Gasteiger partial charge is 0.352 e. The number of nitrogens with zero attached hydrogens (tertiary/aromatic N) is 4. The Morgan fingerprint density at radius 3 is 2.71 bits per heavy atom. The highest BCUT2D eigenvalue weighted by molar-refractivity contribution is 6.07. The van der Waals surface area contributed by atoms with E-state index in [0.717, 1.165) is 22.2 Å². The predicted octanol–water partition coefficient (Wildman–Crippen LogP) is 3.21. The van der Waals surface area contributed by atoms with Crippen LogP contribution < -0.4 is 5.32 Å². The molecule has 0 aliphatic heterocycles. The summed E-state index contributed by atoms with van der Waals surface area (Å²) in [5, 5.41) is 7.66. The van der Waals surface area contributed by atoms with Gasteiger partial charge in [-0.05, 0) is 24.3 Å². The van der Waals surface area contributed by atoms with Gasteiger partial charge in [0.15, 0.2) is 5.82 Å². The molecule has 0 aliphatic rings. The Morgan fingerprint density at radius 2 is 1.93 bits per heavy atom.